The van der Waals surface area contributed by atoms with Gasteiger partial charge in [0.2, 0.25) is 5.88 Å². The standard InChI is InChI=1S/C18H11ClF3N2O3P/c19-14-6-11(18(20,21)22)9-23-17(14)27-12-7-13(10-4-2-1-3-5-10)16(24(25)26)15(28)8-12/h1-9H,28H2. The number of pyridine rings is 1. The van der Waals surface area contributed by atoms with Gasteiger partial charge < -0.3 is 4.74 Å². The van der Waals surface area contributed by atoms with Gasteiger partial charge in [0, 0.05) is 6.20 Å². The second kappa shape index (κ2) is 7.73. The number of nitro benzene ring substituents is 1. The number of hydrogen-bond acceptors (Lipinski definition) is 4. The lowest BCUT2D eigenvalue weighted by Crippen LogP contribution is -2.07. The molecule has 0 bridgehead atoms. The van der Waals surface area contributed by atoms with Crippen LogP contribution in [0.15, 0.2) is 54.7 Å². The number of nitro groups is 1. The molecule has 0 saturated carbocycles. The summed E-state index contributed by atoms with van der Waals surface area (Å²) in [6, 6.07) is 12.1. The average Bonchev–Trinajstić information content (AvgIpc) is 2.62. The zero-order valence-corrected chi connectivity index (χ0v) is 15.8. The summed E-state index contributed by atoms with van der Waals surface area (Å²) in [5.74, 6) is -0.101. The van der Waals surface area contributed by atoms with Crippen molar-refractivity contribution in [1.29, 1.82) is 0 Å². The van der Waals surface area contributed by atoms with Crippen molar-refractivity contribution in [3.8, 4) is 22.8 Å². The quantitative estimate of drug-likeness (QED) is 0.308. The van der Waals surface area contributed by atoms with Crippen molar-refractivity contribution >= 4 is 31.8 Å². The molecule has 3 rings (SSSR count). The number of alkyl halides is 3. The molecule has 0 saturated heterocycles. The molecular formula is C18H11ClF3N2O3P. The Kier molecular flexibility index (Phi) is 5.54. The van der Waals surface area contributed by atoms with Crippen LogP contribution in [0.4, 0.5) is 18.9 Å². The summed E-state index contributed by atoms with van der Waals surface area (Å²) < 4.78 is 43.7. The largest absolute Gasteiger partial charge is 0.437 e. The number of ether oxygens (including phenoxy) is 1. The van der Waals surface area contributed by atoms with E-state index in [-0.39, 0.29) is 33.2 Å². The average molecular weight is 427 g/mol. The highest BCUT2D eigenvalue weighted by atomic mass is 35.5. The molecule has 0 aliphatic heterocycles. The van der Waals surface area contributed by atoms with Crippen LogP contribution in [0, 0.1) is 10.1 Å². The predicted octanol–water partition coefficient (Wildman–Crippen LogP) is 5.62. The number of benzene rings is 2. The number of aromatic nitrogens is 1. The summed E-state index contributed by atoms with van der Waals surface area (Å²) >= 11 is 5.86. The minimum Gasteiger partial charge on any atom is -0.437 e. The summed E-state index contributed by atoms with van der Waals surface area (Å²) in [5.41, 5.74) is -0.272. The fraction of sp³-hybridized carbons (Fsp3) is 0.0556. The SMILES string of the molecule is O=[N+]([O-])c1c(P)cc(Oc2ncc(C(F)(F)F)cc2Cl)cc1-c1ccccc1. The van der Waals surface area contributed by atoms with Crippen molar-refractivity contribution < 1.29 is 22.8 Å². The molecule has 5 nitrogen and oxygen atoms in total. The minimum atomic E-state index is -4.59. The Morgan fingerprint density at radius 3 is 2.39 bits per heavy atom. The van der Waals surface area contributed by atoms with E-state index >= 15 is 0 Å². The van der Waals surface area contributed by atoms with Gasteiger partial charge in [0.1, 0.15) is 10.8 Å². The molecule has 0 aliphatic rings. The number of nitrogens with zero attached hydrogens (tertiary/aromatic N) is 2. The van der Waals surface area contributed by atoms with Crippen LogP contribution in [0.1, 0.15) is 5.56 Å². The lowest BCUT2D eigenvalue weighted by molar-refractivity contribution is -0.382. The van der Waals surface area contributed by atoms with E-state index in [0.717, 1.165) is 0 Å². The van der Waals surface area contributed by atoms with Gasteiger partial charge in [0.05, 0.1) is 21.4 Å². The number of hydrogen-bond donors (Lipinski definition) is 0. The van der Waals surface area contributed by atoms with Crippen LogP contribution >= 0.6 is 20.8 Å². The third kappa shape index (κ3) is 4.24. The second-order valence-electron chi connectivity index (χ2n) is 5.64. The molecule has 0 N–H and O–H groups in total. The Morgan fingerprint density at radius 1 is 1.14 bits per heavy atom. The molecule has 1 unspecified atom stereocenters. The van der Waals surface area contributed by atoms with Crippen molar-refractivity contribution in [1.82, 2.24) is 4.98 Å². The van der Waals surface area contributed by atoms with E-state index in [1.807, 2.05) is 0 Å². The molecule has 0 fully saturated rings. The Morgan fingerprint density at radius 2 is 1.82 bits per heavy atom. The van der Waals surface area contributed by atoms with E-state index in [2.05, 4.69) is 14.2 Å². The Balaban J connectivity index is 2.05. The van der Waals surface area contributed by atoms with Crippen molar-refractivity contribution in [2.24, 2.45) is 0 Å². The van der Waals surface area contributed by atoms with Gasteiger partial charge in [-0.05, 0) is 23.8 Å². The van der Waals surface area contributed by atoms with E-state index in [1.54, 1.807) is 30.3 Å². The summed E-state index contributed by atoms with van der Waals surface area (Å²) in [5, 5.41) is 11.4. The second-order valence-corrected chi connectivity index (χ2v) is 6.67. The fourth-order valence-electron chi connectivity index (χ4n) is 2.50. The minimum absolute atomic E-state index is 0.130. The van der Waals surface area contributed by atoms with Crippen LogP contribution in [0.25, 0.3) is 11.1 Å². The van der Waals surface area contributed by atoms with E-state index in [9.17, 15) is 23.3 Å². The van der Waals surface area contributed by atoms with Gasteiger partial charge >= 0.3 is 6.18 Å². The molecule has 2 aromatic carbocycles. The summed E-state index contributed by atoms with van der Waals surface area (Å²) in [6.45, 7) is 0. The molecular weight excluding hydrogens is 416 g/mol. The Hall–Kier alpha value is -2.70. The highest BCUT2D eigenvalue weighted by molar-refractivity contribution is 7.28. The topological polar surface area (TPSA) is 65.3 Å². The van der Waals surface area contributed by atoms with Crippen molar-refractivity contribution in [3.05, 3.63) is 75.4 Å². The molecule has 0 spiro atoms. The lowest BCUT2D eigenvalue weighted by Gasteiger charge is -2.12. The zero-order chi connectivity index (χ0) is 20.5. The predicted molar refractivity (Wildman–Crippen MR) is 102 cm³/mol. The van der Waals surface area contributed by atoms with Gasteiger partial charge in [-0.15, -0.1) is 0 Å². The summed E-state index contributed by atoms with van der Waals surface area (Å²) in [7, 11) is 2.25. The van der Waals surface area contributed by atoms with Crippen LogP contribution in [0.2, 0.25) is 5.02 Å². The first-order valence-electron chi connectivity index (χ1n) is 7.70. The van der Waals surface area contributed by atoms with Gasteiger partial charge in [-0.2, -0.15) is 13.2 Å². The highest BCUT2D eigenvalue weighted by Gasteiger charge is 2.32. The third-order valence-corrected chi connectivity index (χ3v) is 4.44. The van der Waals surface area contributed by atoms with Gasteiger partial charge in [-0.3, -0.25) is 10.1 Å². The van der Waals surface area contributed by atoms with Gasteiger partial charge in [0.15, 0.2) is 0 Å². The van der Waals surface area contributed by atoms with E-state index in [1.165, 1.54) is 12.1 Å². The fourth-order valence-corrected chi connectivity index (χ4v) is 3.13. The lowest BCUT2D eigenvalue weighted by atomic mass is 10.0. The van der Waals surface area contributed by atoms with Gasteiger partial charge in [0.25, 0.3) is 5.69 Å². The number of rotatable bonds is 4. The van der Waals surface area contributed by atoms with Gasteiger partial charge in [-0.25, -0.2) is 4.98 Å². The molecule has 1 heterocycles. The molecule has 0 aliphatic carbocycles. The third-order valence-electron chi connectivity index (χ3n) is 3.73. The van der Waals surface area contributed by atoms with Crippen LogP contribution in [-0.4, -0.2) is 9.91 Å². The maximum Gasteiger partial charge on any atom is 0.417 e. The molecule has 3 aromatic rings. The first kappa shape index (κ1) is 20.0. The maximum atomic E-state index is 12.7. The molecule has 144 valence electrons. The molecule has 28 heavy (non-hydrogen) atoms. The monoisotopic (exact) mass is 426 g/mol. The molecule has 0 radical (unpaired) electrons. The Bertz CT molecular complexity index is 1050. The molecule has 1 aromatic heterocycles. The molecule has 10 heteroatoms. The number of halogens is 4. The maximum absolute atomic E-state index is 12.7. The normalized spacial score (nSPS) is 11.3. The van der Waals surface area contributed by atoms with Crippen LogP contribution in [-0.2, 0) is 6.18 Å². The highest BCUT2D eigenvalue weighted by Crippen LogP contribution is 2.37. The van der Waals surface area contributed by atoms with Crippen molar-refractivity contribution in [3.63, 3.8) is 0 Å². The van der Waals surface area contributed by atoms with Gasteiger partial charge in [-0.1, -0.05) is 51.2 Å². The van der Waals surface area contributed by atoms with Crippen molar-refractivity contribution in [2.75, 3.05) is 0 Å². The van der Waals surface area contributed by atoms with Crippen LogP contribution in [0.5, 0.6) is 11.6 Å². The van der Waals surface area contributed by atoms with Crippen LogP contribution in [0.3, 0.4) is 0 Å². The first-order chi connectivity index (χ1) is 13.2. The van der Waals surface area contributed by atoms with Crippen molar-refractivity contribution in [2.45, 2.75) is 6.18 Å². The first-order valence-corrected chi connectivity index (χ1v) is 8.66. The van der Waals surface area contributed by atoms with E-state index < -0.39 is 16.7 Å². The van der Waals surface area contributed by atoms with E-state index in [0.29, 0.717) is 17.8 Å². The van der Waals surface area contributed by atoms with Crippen LogP contribution < -0.4 is 10.0 Å². The zero-order valence-electron chi connectivity index (χ0n) is 13.9. The molecule has 0 amide bonds. The Labute approximate surface area is 164 Å². The molecule has 1 atom stereocenters. The van der Waals surface area contributed by atoms with E-state index in [4.69, 9.17) is 16.3 Å². The smallest absolute Gasteiger partial charge is 0.417 e. The summed E-state index contributed by atoms with van der Waals surface area (Å²) in [4.78, 5) is 14.6. The summed E-state index contributed by atoms with van der Waals surface area (Å²) in [6.07, 6.45) is -3.98.